The predicted molar refractivity (Wildman–Crippen MR) is 152 cm³/mol. The topological polar surface area (TPSA) is 77.0 Å². The average Bonchev–Trinajstić information content (AvgIpc) is 3.30. The van der Waals surface area contributed by atoms with Crippen LogP contribution in [0.3, 0.4) is 0 Å². The first-order chi connectivity index (χ1) is 19.6. The fourth-order valence-electron chi connectivity index (χ4n) is 6.04. The van der Waals surface area contributed by atoms with Gasteiger partial charge in [-0.05, 0) is 32.0 Å². The van der Waals surface area contributed by atoms with Crippen molar-refractivity contribution in [1.29, 1.82) is 0 Å². The summed E-state index contributed by atoms with van der Waals surface area (Å²) in [5.41, 5.74) is 4.04. The second kappa shape index (κ2) is 9.64. The number of carbonyl (C=O) groups is 1. The largest absolute Gasteiger partial charge is 0.440 e. The van der Waals surface area contributed by atoms with Crippen molar-refractivity contribution >= 4 is 17.6 Å². The molecule has 4 heterocycles. The molecule has 3 aliphatic rings. The van der Waals surface area contributed by atoms with Gasteiger partial charge in [-0.15, -0.1) is 0 Å². The highest BCUT2D eigenvalue weighted by Crippen LogP contribution is 2.58. The lowest BCUT2D eigenvalue weighted by atomic mass is 9.77. The van der Waals surface area contributed by atoms with E-state index in [9.17, 15) is 4.79 Å². The third-order valence-electron chi connectivity index (χ3n) is 8.01. The first-order valence-corrected chi connectivity index (χ1v) is 13.8. The van der Waals surface area contributed by atoms with Crippen LogP contribution in [-0.4, -0.2) is 55.3 Å². The average molecular weight is 535 g/mol. The van der Waals surface area contributed by atoms with Crippen molar-refractivity contribution in [2.45, 2.75) is 19.4 Å². The number of hydrogen-bond donors (Lipinski definition) is 0. The number of benzene rings is 3. The van der Waals surface area contributed by atoms with Crippen LogP contribution in [-0.2, 0) is 15.1 Å². The standard InChI is InChI=1S/C32H30N4O4/c1-3-35(4-2)22-14-15-25-26(20-22)39-29-27(32(25)24-13-9-8-12-23(24)30(37)40-32)28(21-10-6-5-7-11-21)33-31(34-29)36-16-18-38-19-17-36/h5-15,20H,3-4,16-19H2,1-2H3. The Bertz CT molecular complexity index is 1600. The van der Waals surface area contributed by atoms with Crippen LogP contribution in [0.4, 0.5) is 11.6 Å². The number of nitrogens with zero attached hydrogens (tertiary/aromatic N) is 4. The van der Waals surface area contributed by atoms with Crippen LogP contribution >= 0.6 is 0 Å². The Morgan fingerprint density at radius 3 is 2.42 bits per heavy atom. The smallest absolute Gasteiger partial charge is 0.340 e. The SMILES string of the molecule is CCN(CC)c1ccc2c(c1)Oc1nc(N3CCOCC3)nc(-c3ccccc3)c1C21OC(=O)c2ccccc21. The molecule has 7 rings (SSSR count). The summed E-state index contributed by atoms with van der Waals surface area (Å²) in [6, 6.07) is 23.7. The van der Waals surface area contributed by atoms with E-state index in [1.807, 2.05) is 66.7 Å². The highest BCUT2D eigenvalue weighted by Gasteiger charge is 2.56. The molecule has 0 N–H and O–H groups in total. The third kappa shape index (κ3) is 3.67. The summed E-state index contributed by atoms with van der Waals surface area (Å²) in [6.07, 6.45) is 0. The van der Waals surface area contributed by atoms with Gasteiger partial charge in [-0.1, -0.05) is 48.5 Å². The molecule has 1 fully saturated rings. The maximum Gasteiger partial charge on any atom is 0.340 e. The Morgan fingerprint density at radius 1 is 0.900 bits per heavy atom. The van der Waals surface area contributed by atoms with Gasteiger partial charge in [0.1, 0.15) is 5.75 Å². The van der Waals surface area contributed by atoms with Crippen molar-refractivity contribution in [3.63, 3.8) is 0 Å². The summed E-state index contributed by atoms with van der Waals surface area (Å²) in [6.45, 7) is 8.54. The van der Waals surface area contributed by atoms with Crippen LogP contribution in [0.5, 0.6) is 11.6 Å². The zero-order valence-electron chi connectivity index (χ0n) is 22.6. The van der Waals surface area contributed by atoms with Crippen LogP contribution in [0.15, 0.2) is 72.8 Å². The molecule has 0 amide bonds. The molecular formula is C32H30N4O4. The Morgan fingerprint density at radius 2 is 1.65 bits per heavy atom. The van der Waals surface area contributed by atoms with E-state index in [0.717, 1.165) is 35.5 Å². The van der Waals surface area contributed by atoms with E-state index in [4.69, 9.17) is 24.2 Å². The molecule has 3 aliphatic heterocycles. The molecule has 8 nitrogen and oxygen atoms in total. The zero-order chi connectivity index (χ0) is 27.3. The fraction of sp³-hybridized carbons (Fsp3) is 0.281. The Hall–Kier alpha value is -4.43. The quantitative estimate of drug-likeness (QED) is 0.315. The number of aromatic nitrogens is 2. The Labute approximate surface area is 233 Å². The van der Waals surface area contributed by atoms with Crippen LogP contribution in [0.1, 0.15) is 40.9 Å². The van der Waals surface area contributed by atoms with Gasteiger partial charge >= 0.3 is 5.97 Å². The van der Waals surface area contributed by atoms with Crippen molar-refractivity contribution < 1.29 is 19.0 Å². The van der Waals surface area contributed by atoms with E-state index in [0.29, 0.717) is 60.7 Å². The third-order valence-corrected chi connectivity index (χ3v) is 8.01. The fourth-order valence-corrected chi connectivity index (χ4v) is 6.04. The van der Waals surface area contributed by atoms with Crippen molar-refractivity contribution in [2.75, 3.05) is 49.2 Å². The minimum atomic E-state index is -1.26. The maximum absolute atomic E-state index is 13.5. The van der Waals surface area contributed by atoms with Gasteiger partial charge in [0.05, 0.1) is 30.0 Å². The second-order valence-electron chi connectivity index (χ2n) is 10.1. The molecule has 0 bridgehead atoms. The molecule has 3 aromatic carbocycles. The van der Waals surface area contributed by atoms with Gasteiger partial charge in [-0.3, -0.25) is 0 Å². The molecule has 4 aromatic rings. The minimum Gasteiger partial charge on any atom is -0.440 e. The van der Waals surface area contributed by atoms with E-state index in [2.05, 4.69) is 29.7 Å². The number of morpholine rings is 1. The number of fused-ring (bicyclic) bond motifs is 6. The molecule has 1 spiro atoms. The van der Waals surface area contributed by atoms with Gasteiger partial charge in [0.15, 0.2) is 5.60 Å². The van der Waals surface area contributed by atoms with Gasteiger partial charge in [0, 0.05) is 54.6 Å². The van der Waals surface area contributed by atoms with E-state index >= 15 is 0 Å². The normalized spacial score (nSPS) is 18.9. The molecule has 0 saturated carbocycles. The Kier molecular flexibility index (Phi) is 5.93. The number of hydrogen-bond acceptors (Lipinski definition) is 8. The summed E-state index contributed by atoms with van der Waals surface area (Å²) >= 11 is 0. The van der Waals surface area contributed by atoms with Crippen LogP contribution < -0.4 is 14.5 Å². The Balaban J connectivity index is 1.54. The molecule has 1 atom stereocenters. The summed E-state index contributed by atoms with van der Waals surface area (Å²) in [7, 11) is 0. The number of esters is 1. The van der Waals surface area contributed by atoms with Crippen molar-refractivity contribution in [2.24, 2.45) is 0 Å². The molecule has 1 unspecified atom stereocenters. The molecule has 1 saturated heterocycles. The van der Waals surface area contributed by atoms with Crippen LogP contribution in [0.2, 0.25) is 0 Å². The summed E-state index contributed by atoms with van der Waals surface area (Å²) in [4.78, 5) is 27.9. The number of anilines is 2. The maximum atomic E-state index is 13.5. The van der Waals surface area contributed by atoms with Gasteiger partial charge in [-0.2, -0.15) is 4.98 Å². The summed E-state index contributed by atoms with van der Waals surface area (Å²) in [5, 5.41) is 0. The monoisotopic (exact) mass is 534 g/mol. The van der Waals surface area contributed by atoms with Gasteiger partial charge in [-0.25, -0.2) is 9.78 Å². The predicted octanol–water partition coefficient (Wildman–Crippen LogP) is 5.39. The van der Waals surface area contributed by atoms with Crippen molar-refractivity contribution in [3.8, 4) is 22.9 Å². The van der Waals surface area contributed by atoms with Gasteiger partial charge in [0.2, 0.25) is 11.8 Å². The first-order valence-electron chi connectivity index (χ1n) is 13.8. The number of ether oxygens (including phenoxy) is 3. The lowest BCUT2D eigenvalue weighted by Gasteiger charge is -2.38. The van der Waals surface area contributed by atoms with Crippen molar-refractivity contribution in [1.82, 2.24) is 9.97 Å². The van der Waals surface area contributed by atoms with E-state index < -0.39 is 5.60 Å². The van der Waals surface area contributed by atoms with E-state index in [1.165, 1.54) is 0 Å². The van der Waals surface area contributed by atoms with Crippen molar-refractivity contribution in [3.05, 3.63) is 95.1 Å². The number of rotatable bonds is 5. The second-order valence-corrected chi connectivity index (χ2v) is 10.1. The molecule has 0 radical (unpaired) electrons. The zero-order valence-corrected chi connectivity index (χ0v) is 22.6. The summed E-state index contributed by atoms with van der Waals surface area (Å²) in [5.74, 6) is 1.20. The van der Waals surface area contributed by atoms with E-state index in [-0.39, 0.29) is 5.97 Å². The minimum absolute atomic E-state index is 0.376. The number of carbonyl (C=O) groups excluding carboxylic acids is 1. The lowest BCUT2D eigenvalue weighted by molar-refractivity contribution is 0.0222. The summed E-state index contributed by atoms with van der Waals surface area (Å²) < 4.78 is 18.7. The molecule has 40 heavy (non-hydrogen) atoms. The highest BCUT2D eigenvalue weighted by atomic mass is 16.6. The lowest BCUT2D eigenvalue weighted by Crippen LogP contribution is -2.39. The molecule has 202 valence electrons. The van der Waals surface area contributed by atoms with Crippen LogP contribution in [0, 0.1) is 0 Å². The molecule has 0 aliphatic carbocycles. The van der Waals surface area contributed by atoms with Gasteiger partial charge in [0.25, 0.3) is 0 Å². The van der Waals surface area contributed by atoms with Crippen LogP contribution in [0.25, 0.3) is 11.3 Å². The van der Waals surface area contributed by atoms with Gasteiger partial charge < -0.3 is 24.0 Å². The molecular weight excluding hydrogens is 504 g/mol. The first kappa shape index (κ1) is 24.6. The highest BCUT2D eigenvalue weighted by molar-refractivity contribution is 5.97. The molecule has 1 aromatic heterocycles. The van der Waals surface area contributed by atoms with E-state index in [1.54, 1.807) is 0 Å². The molecule has 8 heteroatoms.